The maximum absolute atomic E-state index is 6.68. The van der Waals surface area contributed by atoms with Crippen LogP contribution in [0.1, 0.15) is 45.9 Å². The van der Waals surface area contributed by atoms with Crippen molar-refractivity contribution in [3.05, 3.63) is 185 Å². The smallest absolute Gasteiger partial charge is 0.203 e. The fourth-order valence-electron chi connectivity index (χ4n) is 5.84. The molecule has 0 aromatic heterocycles. The topological polar surface area (TPSA) is 46.2 Å². The Kier molecular flexibility index (Phi) is 9.85. The molecule has 48 heavy (non-hydrogen) atoms. The van der Waals surface area contributed by atoms with Gasteiger partial charge in [-0.25, -0.2) is 0 Å². The van der Waals surface area contributed by atoms with E-state index in [0.29, 0.717) is 43.7 Å². The second-order valence-electron chi connectivity index (χ2n) is 11.8. The van der Waals surface area contributed by atoms with Gasteiger partial charge in [-0.05, 0) is 64.9 Å². The highest BCUT2D eigenvalue weighted by molar-refractivity contribution is 5.55. The summed E-state index contributed by atoms with van der Waals surface area (Å²) in [7, 11) is 0. The first-order valence-corrected chi connectivity index (χ1v) is 16.4. The van der Waals surface area contributed by atoms with E-state index in [1.807, 2.05) is 103 Å². The van der Waals surface area contributed by atoms with Gasteiger partial charge in [0, 0.05) is 5.56 Å². The lowest BCUT2D eigenvalue weighted by molar-refractivity contribution is 0.170. The zero-order valence-corrected chi connectivity index (χ0v) is 26.8. The van der Waals surface area contributed by atoms with Gasteiger partial charge in [0.2, 0.25) is 5.75 Å². The van der Waals surface area contributed by atoms with E-state index in [1.54, 1.807) is 0 Å². The highest BCUT2D eigenvalue weighted by Gasteiger charge is 2.27. The Hall–Kier alpha value is -5.68. The van der Waals surface area contributed by atoms with Gasteiger partial charge in [-0.1, -0.05) is 127 Å². The molecule has 0 saturated carbocycles. The number of rotatable bonds is 13. The summed E-state index contributed by atoms with van der Waals surface area (Å²) in [5.41, 5.74) is 6.37. The van der Waals surface area contributed by atoms with E-state index in [-0.39, 0.29) is 6.10 Å². The van der Waals surface area contributed by atoms with Crippen LogP contribution in [0, 0.1) is 0 Å². The monoisotopic (exact) mass is 634 g/mol. The van der Waals surface area contributed by atoms with Crippen LogP contribution >= 0.6 is 0 Å². The summed E-state index contributed by atoms with van der Waals surface area (Å²) >= 11 is 0. The molecule has 0 amide bonds. The second-order valence-corrected chi connectivity index (χ2v) is 11.8. The third kappa shape index (κ3) is 7.81. The van der Waals surface area contributed by atoms with Crippen molar-refractivity contribution in [2.24, 2.45) is 0 Å². The van der Waals surface area contributed by atoms with Crippen LogP contribution < -0.4 is 23.7 Å². The summed E-state index contributed by atoms with van der Waals surface area (Å²) in [5.74, 6) is 3.50. The summed E-state index contributed by atoms with van der Waals surface area (Å²) in [6, 6.07) is 50.8. The van der Waals surface area contributed by atoms with Crippen LogP contribution in [0.25, 0.3) is 0 Å². The molecule has 5 nitrogen and oxygen atoms in total. The first-order chi connectivity index (χ1) is 23.8. The lowest BCUT2D eigenvalue weighted by Crippen LogP contribution is -2.16. The maximum atomic E-state index is 6.68. The van der Waals surface area contributed by atoms with Crippen molar-refractivity contribution < 1.29 is 23.7 Å². The van der Waals surface area contributed by atoms with Crippen molar-refractivity contribution in [3.8, 4) is 28.7 Å². The standard InChI is InChI=1S/C43H38O5/c1-5-14-32(15-6-1)28-44-39-22-13-23-40-37(39)24-25-38(48-40)36-26-41(45-29-33-16-7-2-8-17-33)43(47-31-35-20-11-4-12-21-35)42(27-36)46-30-34-18-9-3-10-19-34/h1-23,26-27,38H,24-25,28-31H2. The Morgan fingerprint density at radius 2 is 0.896 bits per heavy atom. The summed E-state index contributed by atoms with van der Waals surface area (Å²) in [5, 5.41) is 0. The quantitative estimate of drug-likeness (QED) is 0.127. The predicted molar refractivity (Wildman–Crippen MR) is 188 cm³/mol. The number of fused-ring (bicyclic) bond motifs is 1. The summed E-state index contributed by atoms with van der Waals surface area (Å²) in [6.07, 6.45) is 1.39. The minimum absolute atomic E-state index is 0.205. The number of benzene rings is 6. The van der Waals surface area contributed by atoms with E-state index in [1.165, 1.54) is 0 Å². The zero-order valence-electron chi connectivity index (χ0n) is 26.8. The molecule has 6 aromatic carbocycles. The molecule has 0 saturated heterocycles. The Balaban J connectivity index is 1.19. The van der Waals surface area contributed by atoms with Crippen molar-refractivity contribution in [1.29, 1.82) is 0 Å². The van der Waals surface area contributed by atoms with Gasteiger partial charge < -0.3 is 23.7 Å². The third-order valence-electron chi connectivity index (χ3n) is 8.37. The number of hydrogen-bond acceptors (Lipinski definition) is 5. The molecular weight excluding hydrogens is 596 g/mol. The van der Waals surface area contributed by atoms with Gasteiger partial charge in [0.05, 0.1) is 0 Å². The first-order valence-electron chi connectivity index (χ1n) is 16.4. The van der Waals surface area contributed by atoms with Crippen molar-refractivity contribution in [3.63, 3.8) is 0 Å². The van der Waals surface area contributed by atoms with Gasteiger partial charge in [-0.2, -0.15) is 0 Å². The highest BCUT2D eigenvalue weighted by atomic mass is 16.5. The molecule has 0 N–H and O–H groups in total. The minimum Gasteiger partial charge on any atom is -0.488 e. The molecule has 240 valence electrons. The SMILES string of the molecule is c1ccc(COc2cccc3c2CCC(c2cc(OCc4ccccc4)c(OCc4ccccc4)c(OCc4ccccc4)c2)O3)cc1. The van der Waals surface area contributed by atoms with Crippen LogP contribution in [-0.2, 0) is 32.8 Å². The average Bonchev–Trinajstić information content (AvgIpc) is 3.16. The van der Waals surface area contributed by atoms with Gasteiger partial charge >= 0.3 is 0 Å². The number of ether oxygens (including phenoxy) is 5. The first kappa shape index (κ1) is 30.9. The normalized spacial score (nSPS) is 13.5. The fourth-order valence-corrected chi connectivity index (χ4v) is 5.84. The van der Waals surface area contributed by atoms with Crippen LogP contribution in [0.4, 0.5) is 0 Å². The highest BCUT2D eigenvalue weighted by Crippen LogP contribution is 2.45. The average molecular weight is 635 g/mol. The predicted octanol–water partition coefficient (Wildman–Crippen LogP) is 10.1. The van der Waals surface area contributed by atoms with Crippen LogP contribution in [0.3, 0.4) is 0 Å². The van der Waals surface area contributed by atoms with Gasteiger partial charge in [-0.15, -0.1) is 0 Å². The molecule has 1 atom stereocenters. The molecular formula is C43H38O5. The van der Waals surface area contributed by atoms with Crippen molar-refractivity contribution >= 4 is 0 Å². The molecule has 1 aliphatic rings. The number of hydrogen-bond donors (Lipinski definition) is 0. The molecule has 6 aromatic rings. The molecule has 0 aliphatic carbocycles. The third-order valence-corrected chi connectivity index (χ3v) is 8.37. The molecule has 0 fully saturated rings. The van der Waals surface area contributed by atoms with Crippen LogP contribution in [-0.4, -0.2) is 0 Å². The van der Waals surface area contributed by atoms with Crippen molar-refractivity contribution in [2.75, 3.05) is 0 Å². The molecule has 0 spiro atoms. The van der Waals surface area contributed by atoms with Gasteiger partial charge in [0.1, 0.15) is 44.0 Å². The molecule has 1 unspecified atom stereocenters. The molecule has 5 heteroatoms. The molecule has 7 rings (SSSR count). The Labute approximate surface area is 282 Å². The van der Waals surface area contributed by atoms with Crippen molar-refractivity contribution in [2.45, 2.75) is 45.4 Å². The van der Waals surface area contributed by atoms with Crippen LogP contribution in [0.15, 0.2) is 152 Å². The lowest BCUT2D eigenvalue weighted by atomic mass is 9.96. The zero-order chi connectivity index (χ0) is 32.4. The van der Waals surface area contributed by atoms with E-state index >= 15 is 0 Å². The largest absolute Gasteiger partial charge is 0.488 e. The van der Waals surface area contributed by atoms with E-state index in [9.17, 15) is 0 Å². The Morgan fingerprint density at radius 3 is 1.38 bits per heavy atom. The van der Waals surface area contributed by atoms with Crippen molar-refractivity contribution in [1.82, 2.24) is 0 Å². The lowest BCUT2D eigenvalue weighted by Gasteiger charge is -2.29. The van der Waals surface area contributed by atoms with Gasteiger partial charge in [0.25, 0.3) is 0 Å². The fraction of sp³-hybridized carbons (Fsp3) is 0.163. The van der Waals surface area contributed by atoms with Crippen LogP contribution in [0.5, 0.6) is 28.7 Å². The van der Waals surface area contributed by atoms with Gasteiger partial charge in [-0.3, -0.25) is 0 Å². The molecule has 0 radical (unpaired) electrons. The summed E-state index contributed by atoms with van der Waals surface area (Å²) in [6.45, 7) is 1.67. The van der Waals surface area contributed by atoms with Gasteiger partial charge in [0.15, 0.2) is 11.5 Å². The summed E-state index contributed by atoms with van der Waals surface area (Å²) in [4.78, 5) is 0. The molecule has 0 bridgehead atoms. The second kappa shape index (κ2) is 15.3. The van der Waals surface area contributed by atoms with E-state index in [0.717, 1.165) is 57.7 Å². The minimum atomic E-state index is -0.205. The van der Waals surface area contributed by atoms with E-state index in [4.69, 9.17) is 23.7 Å². The van der Waals surface area contributed by atoms with E-state index < -0.39 is 0 Å². The molecule has 1 aliphatic heterocycles. The molecule has 1 heterocycles. The van der Waals surface area contributed by atoms with E-state index in [2.05, 4.69) is 48.5 Å². The Bertz CT molecular complexity index is 1830. The summed E-state index contributed by atoms with van der Waals surface area (Å²) < 4.78 is 32.5. The van der Waals surface area contributed by atoms with Crippen LogP contribution in [0.2, 0.25) is 0 Å². The maximum Gasteiger partial charge on any atom is 0.203 e. The Morgan fingerprint density at radius 1 is 0.458 bits per heavy atom.